The molecule has 0 saturated heterocycles. The molecule has 2 heterocycles. The molecule has 3 rings (SSSR count). The number of benzene rings is 1. The summed E-state index contributed by atoms with van der Waals surface area (Å²) >= 11 is 3.33. The third-order valence-electron chi connectivity index (χ3n) is 3.79. The number of hydrogen-bond acceptors (Lipinski definition) is 8. The standard InChI is InChI=1S/C17H16BrN7O5/c18-12-3-1-11(2-4-12)9-15(26)19-6-7-20-16(27)17-21-13(23-30-17)10-24-8-5-14(22-24)25(28)29/h1-5,8H,6-7,9-10H2,(H,19,26)(H,20,27). The number of amides is 2. The van der Waals surface area contributed by atoms with E-state index in [4.69, 9.17) is 4.52 Å². The van der Waals surface area contributed by atoms with Crippen molar-refractivity contribution in [2.45, 2.75) is 13.0 Å². The van der Waals surface area contributed by atoms with Crippen molar-refractivity contribution in [3.05, 3.63) is 68.4 Å². The van der Waals surface area contributed by atoms with Gasteiger partial charge in [0.05, 0.1) is 23.8 Å². The van der Waals surface area contributed by atoms with Crippen LogP contribution in [0, 0.1) is 10.1 Å². The third kappa shape index (κ3) is 5.94. The predicted molar refractivity (Wildman–Crippen MR) is 105 cm³/mol. The monoisotopic (exact) mass is 477 g/mol. The van der Waals surface area contributed by atoms with Crippen molar-refractivity contribution < 1.29 is 19.0 Å². The van der Waals surface area contributed by atoms with E-state index in [1.807, 2.05) is 24.3 Å². The van der Waals surface area contributed by atoms with Crippen molar-refractivity contribution in [3.63, 3.8) is 0 Å². The molecule has 2 amide bonds. The summed E-state index contributed by atoms with van der Waals surface area (Å²) in [6.07, 6.45) is 1.63. The van der Waals surface area contributed by atoms with Gasteiger partial charge in [0.2, 0.25) is 5.91 Å². The average molecular weight is 478 g/mol. The smallest absolute Gasteiger partial charge is 0.358 e. The zero-order chi connectivity index (χ0) is 21.5. The lowest BCUT2D eigenvalue weighted by atomic mass is 10.1. The second-order valence-electron chi connectivity index (χ2n) is 6.05. The molecular weight excluding hydrogens is 462 g/mol. The SMILES string of the molecule is O=C(Cc1ccc(Br)cc1)NCCNC(=O)c1nc(Cn2ccc([N+](=O)[O-])n2)no1. The topological polar surface area (TPSA) is 158 Å². The fourth-order valence-corrected chi connectivity index (χ4v) is 2.66. The first-order valence-corrected chi connectivity index (χ1v) is 9.50. The lowest BCUT2D eigenvalue weighted by Gasteiger charge is -2.06. The van der Waals surface area contributed by atoms with Crippen LogP contribution in [0.5, 0.6) is 0 Å². The van der Waals surface area contributed by atoms with Gasteiger partial charge in [-0.05, 0) is 22.6 Å². The normalized spacial score (nSPS) is 10.6. The molecule has 1 aromatic carbocycles. The first-order valence-electron chi connectivity index (χ1n) is 8.70. The predicted octanol–water partition coefficient (Wildman–Crippen LogP) is 1.07. The summed E-state index contributed by atoms with van der Waals surface area (Å²) in [5, 5.41) is 23.3. The van der Waals surface area contributed by atoms with E-state index >= 15 is 0 Å². The molecular formula is C17H16BrN7O5. The summed E-state index contributed by atoms with van der Waals surface area (Å²) < 4.78 is 7.07. The van der Waals surface area contributed by atoms with Crippen molar-refractivity contribution in [3.8, 4) is 0 Å². The van der Waals surface area contributed by atoms with Crippen LogP contribution in [0.1, 0.15) is 22.1 Å². The van der Waals surface area contributed by atoms with Gasteiger partial charge in [0.1, 0.15) is 6.54 Å². The third-order valence-corrected chi connectivity index (χ3v) is 4.32. The number of carbonyl (C=O) groups is 2. The maximum atomic E-state index is 12.0. The highest BCUT2D eigenvalue weighted by Gasteiger charge is 2.17. The van der Waals surface area contributed by atoms with E-state index in [-0.39, 0.29) is 49.5 Å². The maximum Gasteiger partial charge on any atom is 0.389 e. The van der Waals surface area contributed by atoms with E-state index in [0.29, 0.717) is 0 Å². The lowest BCUT2D eigenvalue weighted by Crippen LogP contribution is -2.35. The fraction of sp³-hybridized carbons (Fsp3) is 0.235. The van der Waals surface area contributed by atoms with E-state index < -0.39 is 10.8 Å². The summed E-state index contributed by atoms with van der Waals surface area (Å²) in [7, 11) is 0. The first-order chi connectivity index (χ1) is 14.4. The Morgan fingerprint density at radius 2 is 1.90 bits per heavy atom. The quantitative estimate of drug-likeness (QED) is 0.263. The summed E-state index contributed by atoms with van der Waals surface area (Å²) in [4.78, 5) is 37.9. The largest absolute Gasteiger partial charge is 0.389 e. The Hall–Kier alpha value is -3.61. The van der Waals surface area contributed by atoms with Crippen LogP contribution in [0.15, 0.2) is 45.5 Å². The zero-order valence-corrected chi connectivity index (χ0v) is 17.0. The van der Waals surface area contributed by atoms with Gasteiger partial charge in [0.15, 0.2) is 5.82 Å². The van der Waals surface area contributed by atoms with Gasteiger partial charge in [-0.3, -0.25) is 9.59 Å². The van der Waals surface area contributed by atoms with Gasteiger partial charge in [0.25, 0.3) is 0 Å². The van der Waals surface area contributed by atoms with Gasteiger partial charge < -0.3 is 25.3 Å². The van der Waals surface area contributed by atoms with Gasteiger partial charge in [-0.25, -0.2) is 0 Å². The Morgan fingerprint density at radius 1 is 1.17 bits per heavy atom. The number of nitrogens with one attached hydrogen (secondary N) is 2. The van der Waals surface area contributed by atoms with E-state index in [1.165, 1.54) is 16.9 Å². The molecule has 0 spiro atoms. The number of nitro groups is 1. The van der Waals surface area contributed by atoms with Crippen LogP contribution in [0.2, 0.25) is 0 Å². The molecule has 0 radical (unpaired) electrons. The minimum absolute atomic E-state index is 0.0106. The molecule has 0 aliphatic carbocycles. The number of nitrogens with zero attached hydrogens (tertiary/aromatic N) is 5. The highest BCUT2D eigenvalue weighted by atomic mass is 79.9. The molecule has 3 aromatic rings. The average Bonchev–Trinajstić information content (AvgIpc) is 3.37. The summed E-state index contributed by atoms with van der Waals surface area (Å²) in [6, 6.07) is 8.64. The molecule has 0 aliphatic heterocycles. The summed E-state index contributed by atoms with van der Waals surface area (Å²) in [5.41, 5.74) is 0.876. The molecule has 30 heavy (non-hydrogen) atoms. The molecule has 0 saturated carbocycles. The molecule has 13 heteroatoms. The summed E-state index contributed by atoms with van der Waals surface area (Å²) in [6.45, 7) is 0.420. The Bertz CT molecular complexity index is 1050. The highest BCUT2D eigenvalue weighted by molar-refractivity contribution is 9.10. The maximum absolute atomic E-state index is 12.0. The van der Waals surface area contributed by atoms with Crippen molar-refractivity contribution in [2.24, 2.45) is 0 Å². The van der Waals surface area contributed by atoms with Gasteiger partial charge in [0, 0.05) is 17.6 Å². The van der Waals surface area contributed by atoms with Crippen LogP contribution >= 0.6 is 15.9 Å². The molecule has 0 unspecified atom stereocenters. The fourth-order valence-electron chi connectivity index (χ4n) is 2.40. The molecule has 0 fully saturated rings. The number of aromatic nitrogens is 4. The molecule has 0 atom stereocenters. The highest BCUT2D eigenvalue weighted by Crippen LogP contribution is 2.11. The minimum atomic E-state index is -0.622. The van der Waals surface area contributed by atoms with Gasteiger partial charge in [-0.1, -0.05) is 33.2 Å². The Balaban J connectivity index is 1.40. The number of rotatable bonds is 9. The van der Waals surface area contributed by atoms with Crippen LogP contribution in [0.4, 0.5) is 5.82 Å². The second kappa shape index (κ2) is 9.73. The van der Waals surface area contributed by atoms with Crippen molar-refractivity contribution >= 4 is 33.6 Å². The molecule has 12 nitrogen and oxygen atoms in total. The molecule has 0 aliphatic rings. The van der Waals surface area contributed by atoms with Crippen molar-refractivity contribution in [1.29, 1.82) is 0 Å². The molecule has 2 N–H and O–H groups in total. The van der Waals surface area contributed by atoms with Gasteiger partial charge in [-0.2, -0.15) is 9.67 Å². The first kappa shape index (κ1) is 21.1. The van der Waals surface area contributed by atoms with E-state index in [0.717, 1.165) is 10.0 Å². The minimum Gasteiger partial charge on any atom is -0.358 e. The van der Waals surface area contributed by atoms with Gasteiger partial charge in [-0.15, -0.1) is 0 Å². The van der Waals surface area contributed by atoms with E-state index in [9.17, 15) is 19.7 Å². The Labute approximate surface area is 177 Å². The van der Waals surface area contributed by atoms with E-state index in [1.54, 1.807) is 0 Å². The van der Waals surface area contributed by atoms with Gasteiger partial charge >= 0.3 is 17.6 Å². The molecule has 156 valence electrons. The van der Waals surface area contributed by atoms with Crippen LogP contribution in [-0.4, -0.2) is 49.7 Å². The Morgan fingerprint density at radius 3 is 2.60 bits per heavy atom. The number of carbonyl (C=O) groups excluding carboxylic acids is 2. The molecule has 0 bridgehead atoms. The van der Waals surface area contributed by atoms with Crippen LogP contribution in [0.25, 0.3) is 0 Å². The lowest BCUT2D eigenvalue weighted by molar-refractivity contribution is -0.389. The molecule has 2 aromatic heterocycles. The summed E-state index contributed by atoms with van der Waals surface area (Å²) in [5.74, 6) is -1.19. The second-order valence-corrected chi connectivity index (χ2v) is 6.97. The van der Waals surface area contributed by atoms with Crippen molar-refractivity contribution in [1.82, 2.24) is 30.6 Å². The zero-order valence-electron chi connectivity index (χ0n) is 15.4. The van der Waals surface area contributed by atoms with Crippen LogP contribution < -0.4 is 10.6 Å². The number of halogens is 1. The van der Waals surface area contributed by atoms with E-state index in [2.05, 4.69) is 41.8 Å². The number of hydrogen-bond donors (Lipinski definition) is 2. The van der Waals surface area contributed by atoms with Crippen LogP contribution in [0.3, 0.4) is 0 Å². The van der Waals surface area contributed by atoms with Crippen LogP contribution in [-0.2, 0) is 17.8 Å². The Kier molecular flexibility index (Phi) is 6.85. The van der Waals surface area contributed by atoms with Crippen molar-refractivity contribution in [2.75, 3.05) is 13.1 Å².